The van der Waals surface area contributed by atoms with Crippen molar-refractivity contribution in [2.45, 2.75) is 64.4 Å². The van der Waals surface area contributed by atoms with Gasteiger partial charge in [-0.05, 0) is 50.7 Å². The highest BCUT2D eigenvalue weighted by atomic mass is 16.5. The number of phenolic OH excluding ortho intramolecular Hbond substituents is 1. The number of esters is 1. The van der Waals surface area contributed by atoms with Crippen LogP contribution < -0.4 is 0 Å². The third kappa shape index (κ3) is 4.58. The van der Waals surface area contributed by atoms with Gasteiger partial charge in [0.1, 0.15) is 17.1 Å². The lowest BCUT2D eigenvalue weighted by atomic mass is 9.98. The summed E-state index contributed by atoms with van der Waals surface area (Å²) >= 11 is 0. The van der Waals surface area contributed by atoms with Gasteiger partial charge in [0.25, 0.3) is 0 Å². The highest BCUT2D eigenvalue weighted by Crippen LogP contribution is 2.25. The first-order chi connectivity index (χ1) is 10.6. The largest absolute Gasteiger partial charge is 0.507 e. The molecule has 1 aliphatic rings. The summed E-state index contributed by atoms with van der Waals surface area (Å²) in [4.78, 5) is 24.0. The molecule has 1 aromatic rings. The van der Waals surface area contributed by atoms with E-state index in [0.29, 0.717) is 37.0 Å². The lowest BCUT2D eigenvalue weighted by molar-refractivity contribution is -0.119. The minimum Gasteiger partial charge on any atom is -0.507 e. The van der Waals surface area contributed by atoms with Crippen molar-refractivity contribution in [1.29, 1.82) is 0 Å². The number of ketones is 1. The number of hydrogen-bond acceptors (Lipinski definition) is 4. The third-order valence-electron chi connectivity index (χ3n) is 4.11. The fourth-order valence-corrected chi connectivity index (χ4v) is 2.86. The molecule has 0 unspecified atom stereocenters. The number of rotatable bonds is 0. The molecule has 1 aliphatic heterocycles. The number of aryl methyl sites for hydroxylation is 1. The topological polar surface area (TPSA) is 63.6 Å². The molecule has 0 spiro atoms. The summed E-state index contributed by atoms with van der Waals surface area (Å²) < 4.78 is 5.43. The van der Waals surface area contributed by atoms with Gasteiger partial charge in [0.05, 0.1) is 6.10 Å². The van der Waals surface area contributed by atoms with E-state index >= 15 is 0 Å². The molecule has 1 atom stereocenters. The average molecular weight is 304 g/mol. The molecule has 4 heteroatoms. The van der Waals surface area contributed by atoms with Crippen molar-refractivity contribution >= 4 is 11.8 Å². The third-order valence-corrected chi connectivity index (χ3v) is 4.11. The zero-order chi connectivity index (χ0) is 15.9. The number of Topliss-reactive ketones (excluding diaryl/α,β-unsaturated/α-hetero) is 1. The van der Waals surface area contributed by atoms with E-state index in [1.807, 2.05) is 13.0 Å². The van der Waals surface area contributed by atoms with Crippen molar-refractivity contribution in [3.8, 4) is 5.75 Å². The van der Waals surface area contributed by atoms with Gasteiger partial charge in [-0.25, -0.2) is 4.79 Å². The van der Waals surface area contributed by atoms with Crippen LogP contribution in [0.15, 0.2) is 18.2 Å². The molecule has 1 heterocycles. The second-order valence-electron chi connectivity index (χ2n) is 6.02. The van der Waals surface area contributed by atoms with Gasteiger partial charge < -0.3 is 9.84 Å². The fourth-order valence-electron chi connectivity index (χ4n) is 2.86. The zero-order valence-corrected chi connectivity index (χ0v) is 13.1. The van der Waals surface area contributed by atoms with Crippen LogP contribution in [0, 0.1) is 0 Å². The summed E-state index contributed by atoms with van der Waals surface area (Å²) in [6.07, 6.45) is 5.80. The Morgan fingerprint density at radius 2 is 1.77 bits per heavy atom. The molecule has 0 fully saturated rings. The van der Waals surface area contributed by atoms with E-state index in [1.54, 1.807) is 6.07 Å². The van der Waals surface area contributed by atoms with E-state index < -0.39 is 5.97 Å². The number of ether oxygens (including phenoxy) is 1. The molecule has 22 heavy (non-hydrogen) atoms. The molecule has 0 saturated carbocycles. The van der Waals surface area contributed by atoms with Crippen molar-refractivity contribution in [3.63, 3.8) is 0 Å². The molecule has 4 nitrogen and oxygen atoms in total. The van der Waals surface area contributed by atoms with Crippen LogP contribution in [-0.4, -0.2) is 23.0 Å². The zero-order valence-electron chi connectivity index (χ0n) is 13.1. The quantitative estimate of drug-likeness (QED) is 0.741. The van der Waals surface area contributed by atoms with Gasteiger partial charge in [-0.1, -0.05) is 18.6 Å². The smallest absolute Gasteiger partial charge is 0.342 e. The molecule has 0 bridgehead atoms. The van der Waals surface area contributed by atoms with Crippen LogP contribution in [0.1, 0.15) is 67.8 Å². The van der Waals surface area contributed by atoms with Gasteiger partial charge in [-0.3, -0.25) is 4.79 Å². The normalized spacial score (nSPS) is 21.6. The summed E-state index contributed by atoms with van der Waals surface area (Å²) in [5.41, 5.74) is 1.11. The van der Waals surface area contributed by atoms with Gasteiger partial charge >= 0.3 is 5.97 Å². The Morgan fingerprint density at radius 3 is 2.59 bits per heavy atom. The fraction of sp³-hybridized carbons (Fsp3) is 0.556. The van der Waals surface area contributed by atoms with Crippen LogP contribution in [0.3, 0.4) is 0 Å². The Kier molecular flexibility index (Phi) is 5.99. The SMILES string of the molecule is C[C@@H]1CCCC(=O)CCCCCc2cccc(O)c2C(=O)O1. The minimum absolute atomic E-state index is 0.0167. The van der Waals surface area contributed by atoms with Crippen LogP contribution >= 0.6 is 0 Å². The van der Waals surface area contributed by atoms with Crippen LogP contribution in [0.25, 0.3) is 0 Å². The summed E-state index contributed by atoms with van der Waals surface area (Å²) in [6, 6.07) is 5.13. The lowest BCUT2D eigenvalue weighted by Gasteiger charge is -2.16. The number of carbonyl (C=O) groups excluding carboxylic acids is 2. The maximum Gasteiger partial charge on any atom is 0.342 e. The summed E-state index contributed by atoms with van der Waals surface area (Å²) in [7, 11) is 0. The molecule has 0 amide bonds. The standard InChI is InChI=1S/C18H24O4/c1-13-7-5-11-15(19)10-4-2-3-8-14-9-6-12-16(20)17(14)18(21)22-13/h6,9,12-13,20H,2-5,7-8,10-11H2,1H3/t13-/m1/s1. The molecule has 0 aliphatic carbocycles. The molecule has 0 aromatic heterocycles. The van der Waals surface area contributed by atoms with E-state index in [-0.39, 0.29) is 11.9 Å². The van der Waals surface area contributed by atoms with Gasteiger partial charge in [-0.2, -0.15) is 0 Å². The predicted octanol–water partition coefficient (Wildman–Crippen LogP) is 3.79. The Bertz CT molecular complexity index is 536. The van der Waals surface area contributed by atoms with Crippen LogP contribution in [-0.2, 0) is 16.0 Å². The second kappa shape index (κ2) is 7.97. The number of cyclic esters (lactones) is 1. The molecule has 2 rings (SSSR count). The van der Waals surface area contributed by atoms with Gasteiger partial charge in [0.2, 0.25) is 0 Å². The van der Waals surface area contributed by atoms with Gasteiger partial charge in [0, 0.05) is 12.8 Å². The van der Waals surface area contributed by atoms with E-state index in [9.17, 15) is 14.7 Å². The Balaban J connectivity index is 2.17. The molecule has 0 radical (unpaired) electrons. The summed E-state index contributed by atoms with van der Waals surface area (Å²) in [5, 5.41) is 10.0. The van der Waals surface area contributed by atoms with Crippen LogP contribution in [0.2, 0.25) is 0 Å². The molecule has 1 N–H and O–H groups in total. The van der Waals surface area contributed by atoms with E-state index in [2.05, 4.69) is 0 Å². The summed E-state index contributed by atoms with van der Waals surface area (Å²) in [5.74, 6) is -0.186. The van der Waals surface area contributed by atoms with E-state index in [0.717, 1.165) is 31.2 Å². The number of aromatic hydroxyl groups is 1. The molecule has 1 aromatic carbocycles. The average Bonchev–Trinajstić information content (AvgIpc) is 2.46. The Labute approximate surface area is 131 Å². The van der Waals surface area contributed by atoms with Crippen molar-refractivity contribution in [3.05, 3.63) is 29.3 Å². The van der Waals surface area contributed by atoms with E-state index in [4.69, 9.17) is 4.74 Å². The minimum atomic E-state index is -0.469. The Hall–Kier alpha value is -1.84. The Morgan fingerprint density at radius 1 is 1.05 bits per heavy atom. The second-order valence-corrected chi connectivity index (χ2v) is 6.02. The van der Waals surface area contributed by atoms with Gasteiger partial charge in [-0.15, -0.1) is 0 Å². The highest BCUT2D eigenvalue weighted by Gasteiger charge is 2.20. The maximum atomic E-state index is 12.3. The first-order valence-corrected chi connectivity index (χ1v) is 8.11. The first-order valence-electron chi connectivity index (χ1n) is 8.11. The predicted molar refractivity (Wildman–Crippen MR) is 84.0 cm³/mol. The summed E-state index contributed by atoms with van der Waals surface area (Å²) in [6.45, 7) is 1.83. The van der Waals surface area contributed by atoms with Crippen molar-refractivity contribution < 1.29 is 19.4 Å². The molecule has 120 valence electrons. The number of phenols is 1. The van der Waals surface area contributed by atoms with Crippen LogP contribution in [0.5, 0.6) is 5.75 Å². The van der Waals surface area contributed by atoms with Crippen LogP contribution in [0.4, 0.5) is 0 Å². The van der Waals surface area contributed by atoms with Crippen molar-refractivity contribution in [1.82, 2.24) is 0 Å². The lowest BCUT2D eigenvalue weighted by Crippen LogP contribution is -2.17. The number of carbonyl (C=O) groups is 2. The van der Waals surface area contributed by atoms with Gasteiger partial charge in [0.15, 0.2) is 0 Å². The highest BCUT2D eigenvalue weighted by molar-refractivity contribution is 5.94. The van der Waals surface area contributed by atoms with E-state index in [1.165, 1.54) is 6.07 Å². The molecule has 0 saturated heterocycles. The molecular weight excluding hydrogens is 280 g/mol. The monoisotopic (exact) mass is 304 g/mol. The first kappa shape index (κ1) is 16.5. The molecular formula is C18H24O4. The van der Waals surface area contributed by atoms with Crippen molar-refractivity contribution in [2.75, 3.05) is 0 Å². The number of fused-ring (bicyclic) bond motifs is 1. The maximum absolute atomic E-state index is 12.3. The number of hydrogen-bond donors (Lipinski definition) is 1. The number of benzene rings is 1. The van der Waals surface area contributed by atoms with Crippen molar-refractivity contribution in [2.24, 2.45) is 0 Å².